The highest BCUT2D eigenvalue weighted by Crippen LogP contribution is 2.28. The predicted molar refractivity (Wildman–Crippen MR) is 75.8 cm³/mol. The molecule has 0 spiro atoms. The molecule has 0 radical (unpaired) electrons. The highest BCUT2D eigenvalue weighted by molar-refractivity contribution is 6.35. The molecule has 0 aliphatic heterocycles. The SMILES string of the molecule is Cc1ccc(C(=O)c2cc3cccc(Cl)c3o2)c(F)c1. The van der Waals surface area contributed by atoms with Gasteiger partial charge in [0.15, 0.2) is 11.3 Å². The van der Waals surface area contributed by atoms with Crippen molar-refractivity contribution in [1.82, 2.24) is 0 Å². The average Bonchev–Trinajstić information content (AvgIpc) is 2.83. The van der Waals surface area contributed by atoms with E-state index in [9.17, 15) is 9.18 Å². The van der Waals surface area contributed by atoms with Gasteiger partial charge in [0.1, 0.15) is 5.82 Å². The zero-order chi connectivity index (χ0) is 14.3. The number of benzene rings is 2. The van der Waals surface area contributed by atoms with Crippen molar-refractivity contribution >= 4 is 28.4 Å². The van der Waals surface area contributed by atoms with Gasteiger partial charge in [-0.1, -0.05) is 29.8 Å². The highest BCUT2D eigenvalue weighted by Gasteiger charge is 2.19. The van der Waals surface area contributed by atoms with Crippen LogP contribution < -0.4 is 0 Å². The molecule has 100 valence electrons. The molecule has 0 saturated heterocycles. The number of halogens is 2. The molecule has 0 unspecified atom stereocenters. The molecule has 0 saturated carbocycles. The van der Waals surface area contributed by atoms with Gasteiger partial charge < -0.3 is 4.42 Å². The maximum absolute atomic E-state index is 13.8. The molecule has 0 bridgehead atoms. The summed E-state index contributed by atoms with van der Waals surface area (Å²) in [6.45, 7) is 1.76. The first kappa shape index (κ1) is 12.9. The van der Waals surface area contributed by atoms with E-state index in [0.717, 1.165) is 5.56 Å². The standard InChI is InChI=1S/C16H10ClFO2/c1-9-5-6-11(13(18)7-9)15(19)14-8-10-3-2-4-12(17)16(10)20-14/h2-8H,1H3. The van der Waals surface area contributed by atoms with Gasteiger partial charge in [-0.05, 0) is 36.8 Å². The monoisotopic (exact) mass is 288 g/mol. The van der Waals surface area contributed by atoms with Gasteiger partial charge in [-0.25, -0.2) is 4.39 Å². The van der Waals surface area contributed by atoms with Crippen LogP contribution in [0, 0.1) is 12.7 Å². The van der Waals surface area contributed by atoms with Gasteiger partial charge in [-0.3, -0.25) is 4.79 Å². The van der Waals surface area contributed by atoms with Crippen LogP contribution in [-0.4, -0.2) is 5.78 Å². The van der Waals surface area contributed by atoms with Gasteiger partial charge in [0.25, 0.3) is 0 Å². The summed E-state index contributed by atoms with van der Waals surface area (Å²) in [6.07, 6.45) is 0. The number of carbonyl (C=O) groups is 1. The largest absolute Gasteiger partial charge is 0.451 e. The normalized spacial score (nSPS) is 10.9. The van der Waals surface area contributed by atoms with E-state index in [-0.39, 0.29) is 11.3 Å². The molecule has 0 aliphatic rings. The molecule has 20 heavy (non-hydrogen) atoms. The van der Waals surface area contributed by atoms with Gasteiger partial charge in [0.05, 0.1) is 10.6 Å². The van der Waals surface area contributed by atoms with Crippen molar-refractivity contribution in [3.05, 3.63) is 70.2 Å². The van der Waals surface area contributed by atoms with Crippen LogP contribution in [0.15, 0.2) is 46.9 Å². The number of aryl methyl sites for hydroxylation is 1. The van der Waals surface area contributed by atoms with Crippen LogP contribution in [0.3, 0.4) is 0 Å². The van der Waals surface area contributed by atoms with E-state index in [4.69, 9.17) is 16.0 Å². The van der Waals surface area contributed by atoms with Crippen molar-refractivity contribution in [2.75, 3.05) is 0 Å². The number of rotatable bonds is 2. The molecule has 0 atom stereocenters. The zero-order valence-corrected chi connectivity index (χ0v) is 11.4. The third-order valence-electron chi connectivity index (χ3n) is 3.09. The number of carbonyl (C=O) groups excluding carboxylic acids is 1. The van der Waals surface area contributed by atoms with Crippen LogP contribution >= 0.6 is 11.6 Å². The van der Waals surface area contributed by atoms with Gasteiger partial charge in [-0.15, -0.1) is 0 Å². The summed E-state index contributed by atoms with van der Waals surface area (Å²) < 4.78 is 19.3. The summed E-state index contributed by atoms with van der Waals surface area (Å²) in [5, 5.41) is 1.14. The van der Waals surface area contributed by atoms with Crippen LogP contribution in [0.5, 0.6) is 0 Å². The molecule has 1 heterocycles. The molecule has 3 aromatic rings. The fourth-order valence-corrected chi connectivity index (χ4v) is 2.30. The molecular formula is C16H10ClFO2. The Bertz CT molecular complexity index is 820. The topological polar surface area (TPSA) is 30.2 Å². The number of ketones is 1. The average molecular weight is 289 g/mol. The molecule has 0 N–H and O–H groups in total. The molecule has 0 fully saturated rings. The lowest BCUT2D eigenvalue weighted by Gasteiger charge is -2.00. The van der Waals surface area contributed by atoms with Gasteiger partial charge in [0.2, 0.25) is 5.78 Å². The quantitative estimate of drug-likeness (QED) is 0.636. The predicted octanol–water partition coefficient (Wildman–Crippen LogP) is 4.76. The van der Waals surface area contributed by atoms with Crippen molar-refractivity contribution in [1.29, 1.82) is 0 Å². The molecule has 3 rings (SSSR count). The summed E-state index contributed by atoms with van der Waals surface area (Å²) in [5.74, 6) is -0.966. The minimum Gasteiger partial charge on any atom is -0.451 e. The van der Waals surface area contributed by atoms with Crippen LogP contribution in [0.4, 0.5) is 4.39 Å². The second-order valence-electron chi connectivity index (χ2n) is 4.58. The Labute approximate surface area is 119 Å². The Kier molecular flexibility index (Phi) is 3.07. The fourth-order valence-electron chi connectivity index (χ4n) is 2.08. The van der Waals surface area contributed by atoms with Gasteiger partial charge in [0, 0.05) is 5.39 Å². The van der Waals surface area contributed by atoms with E-state index in [1.54, 1.807) is 37.3 Å². The molecule has 0 aliphatic carbocycles. The van der Waals surface area contributed by atoms with Crippen molar-refractivity contribution in [2.45, 2.75) is 6.92 Å². The molecule has 2 aromatic carbocycles. The minimum absolute atomic E-state index is 0.00854. The number of furan rings is 1. The highest BCUT2D eigenvalue weighted by atomic mass is 35.5. The third-order valence-corrected chi connectivity index (χ3v) is 3.39. The second kappa shape index (κ2) is 4.76. The van der Waals surface area contributed by atoms with Gasteiger partial charge in [-0.2, -0.15) is 0 Å². The van der Waals surface area contributed by atoms with E-state index in [0.29, 0.717) is 16.0 Å². The lowest BCUT2D eigenvalue weighted by molar-refractivity contribution is 0.101. The van der Waals surface area contributed by atoms with Crippen LogP contribution in [0.1, 0.15) is 21.7 Å². The summed E-state index contributed by atoms with van der Waals surface area (Å²) >= 11 is 5.99. The number of hydrogen-bond acceptors (Lipinski definition) is 2. The Balaban J connectivity index is 2.10. The second-order valence-corrected chi connectivity index (χ2v) is 4.99. The maximum atomic E-state index is 13.8. The lowest BCUT2D eigenvalue weighted by Crippen LogP contribution is -2.03. The number of para-hydroxylation sites is 1. The first-order valence-electron chi connectivity index (χ1n) is 6.05. The maximum Gasteiger partial charge on any atom is 0.231 e. The van der Waals surface area contributed by atoms with Crippen molar-refractivity contribution in [2.24, 2.45) is 0 Å². The summed E-state index contributed by atoms with van der Waals surface area (Å²) in [4.78, 5) is 12.3. The molecule has 0 amide bonds. The van der Waals surface area contributed by atoms with Crippen molar-refractivity contribution in [3.8, 4) is 0 Å². The van der Waals surface area contributed by atoms with Crippen molar-refractivity contribution in [3.63, 3.8) is 0 Å². The Hall–Kier alpha value is -2.13. The Morgan fingerprint density at radius 2 is 2.00 bits per heavy atom. The first-order chi connectivity index (χ1) is 9.56. The van der Waals surface area contributed by atoms with Crippen LogP contribution in [-0.2, 0) is 0 Å². The van der Waals surface area contributed by atoms with E-state index in [2.05, 4.69) is 0 Å². The molecule has 2 nitrogen and oxygen atoms in total. The number of fused-ring (bicyclic) bond motifs is 1. The van der Waals surface area contributed by atoms with E-state index >= 15 is 0 Å². The summed E-state index contributed by atoms with van der Waals surface area (Å²) in [5.41, 5.74) is 1.18. The number of hydrogen-bond donors (Lipinski definition) is 0. The molecule has 1 aromatic heterocycles. The zero-order valence-electron chi connectivity index (χ0n) is 10.6. The summed E-state index contributed by atoms with van der Waals surface area (Å²) in [6, 6.07) is 11.3. The summed E-state index contributed by atoms with van der Waals surface area (Å²) in [7, 11) is 0. The van der Waals surface area contributed by atoms with E-state index < -0.39 is 11.6 Å². The van der Waals surface area contributed by atoms with Crippen LogP contribution in [0.25, 0.3) is 11.0 Å². The minimum atomic E-state index is -0.554. The fraction of sp³-hybridized carbons (Fsp3) is 0.0625. The molecular weight excluding hydrogens is 279 g/mol. The lowest BCUT2D eigenvalue weighted by atomic mass is 10.1. The van der Waals surface area contributed by atoms with Crippen molar-refractivity contribution < 1.29 is 13.6 Å². The Morgan fingerprint density at radius 3 is 2.70 bits per heavy atom. The smallest absolute Gasteiger partial charge is 0.231 e. The third kappa shape index (κ3) is 2.10. The first-order valence-corrected chi connectivity index (χ1v) is 6.43. The van der Waals surface area contributed by atoms with Crippen LogP contribution in [0.2, 0.25) is 5.02 Å². The Morgan fingerprint density at radius 1 is 1.20 bits per heavy atom. The van der Waals surface area contributed by atoms with Gasteiger partial charge >= 0.3 is 0 Å². The molecule has 4 heteroatoms. The van der Waals surface area contributed by atoms with E-state index in [1.165, 1.54) is 12.1 Å². The van der Waals surface area contributed by atoms with E-state index in [1.807, 2.05) is 0 Å².